The number of hydrogen-bond donors (Lipinski definition) is 4. The quantitative estimate of drug-likeness (QED) is 0.661. The molecular weight excluding hydrogens is 260 g/mol. The maximum atomic E-state index is 12.0. The van der Waals surface area contributed by atoms with Crippen LogP contribution in [-0.2, 0) is 0 Å². The summed E-state index contributed by atoms with van der Waals surface area (Å²) in [5, 5.41) is 22.7. The predicted molar refractivity (Wildman–Crippen MR) is 71.8 cm³/mol. The van der Waals surface area contributed by atoms with Crippen LogP contribution in [0.1, 0.15) is 27.9 Å². The van der Waals surface area contributed by atoms with Crippen molar-refractivity contribution in [1.82, 2.24) is 15.5 Å². The third-order valence-electron chi connectivity index (χ3n) is 3.29. The molecule has 0 radical (unpaired) electrons. The number of aryl methyl sites for hydroxylation is 1. The van der Waals surface area contributed by atoms with Gasteiger partial charge in [-0.05, 0) is 13.0 Å². The van der Waals surface area contributed by atoms with Crippen molar-refractivity contribution >= 4 is 11.6 Å². The molecule has 2 heterocycles. The largest absolute Gasteiger partial charge is 0.504 e. The molecule has 0 unspecified atom stereocenters. The number of nitrogens with zero attached hydrogens (tertiary/aromatic N) is 1. The smallest absolute Gasteiger partial charge is 0.275 e. The third-order valence-corrected chi connectivity index (χ3v) is 3.29. The van der Waals surface area contributed by atoms with Crippen molar-refractivity contribution in [2.75, 3.05) is 12.4 Å². The number of benzene rings is 1. The number of para-hydroxylation sites is 1. The van der Waals surface area contributed by atoms with Gasteiger partial charge >= 0.3 is 0 Å². The van der Waals surface area contributed by atoms with Crippen LogP contribution in [0.4, 0.5) is 5.69 Å². The van der Waals surface area contributed by atoms with E-state index in [0.29, 0.717) is 22.7 Å². The molecule has 0 saturated carbocycles. The second kappa shape index (κ2) is 4.44. The van der Waals surface area contributed by atoms with E-state index in [-0.39, 0.29) is 11.7 Å². The van der Waals surface area contributed by atoms with Crippen molar-refractivity contribution in [3.63, 3.8) is 0 Å². The number of hydrogen-bond acceptors (Lipinski definition) is 5. The lowest BCUT2D eigenvalue weighted by molar-refractivity contribution is 0.0930. The maximum absolute atomic E-state index is 12.0. The van der Waals surface area contributed by atoms with Crippen LogP contribution in [0.25, 0.3) is 0 Å². The Morgan fingerprint density at radius 1 is 1.35 bits per heavy atom. The molecule has 0 saturated heterocycles. The predicted octanol–water partition coefficient (Wildman–Crippen LogP) is 1.29. The summed E-state index contributed by atoms with van der Waals surface area (Å²) in [5.41, 5.74) is 2.26. The molecule has 4 N–H and O–H groups in total. The Balaban J connectivity index is 2.02. The molecular formula is C13H14N4O3. The first-order valence-electron chi connectivity index (χ1n) is 6.10. The molecule has 0 spiro atoms. The number of carbonyl (C=O) groups is 1. The molecule has 7 nitrogen and oxygen atoms in total. The van der Waals surface area contributed by atoms with Crippen molar-refractivity contribution < 1.29 is 14.6 Å². The minimum Gasteiger partial charge on any atom is -0.504 e. The van der Waals surface area contributed by atoms with Gasteiger partial charge in [0.05, 0.1) is 18.5 Å². The molecule has 3 rings (SSSR count). The van der Waals surface area contributed by atoms with Gasteiger partial charge in [0.1, 0.15) is 6.17 Å². The van der Waals surface area contributed by atoms with Gasteiger partial charge in [-0.1, -0.05) is 12.1 Å². The van der Waals surface area contributed by atoms with Crippen molar-refractivity contribution in [2.24, 2.45) is 0 Å². The molecule has 1 aromatic carbocycles. The number of rotatable bonds is 2. The Morgan fingerprint density at radius 3 is 2.90 bits per heavy atom. The third kappa shape index (κ3) is 1.75. The summed E-state index contributed by atoms with van der Waals surface area (Å²) < 4.78 is 5.07. The molecule has 0 fully saturated rings. The van der Waals surface area contributed by atoms with Gasteiger partial charge < -0.3 is 20.5 Å². The molecule has 1 amide bonds. The van der Waals surface area contributed by atoms with Gasteiger partial charge in [-0.2, -0.15) is 5.10 Å². The van der Waals surface area contributed by atoms with E-state index in [2.05, 4.69) is 20.8 Å². The molecule has 20 heavy (non-hydrogen) atoms. The highest BCUT2D eigenvalue weighted by Crippen LogP contribution is 2.36. The number of nitrogens with one attached hydrogen (secondary N) is 3. The second-order valence-corrected chi connectivity index (χ2v) is 4.52. The van der Waals surface area contributed by atoms with Crippen LogP contribution < -0.4 is 15.4 Å². The van der Waals surface area contributed by atoms with Crippen molar-refractivity contribution in [2.45, 2.75) is 13.1 Å². The molecule has 104 valence electrons. The van der Waals surface area contributed by atoms with Crippen LogP contribution >= 0.6 is 0 Å². The Labute approximate surface area is 115 Å². The number of phenols is 1. The minimum atomic E-state index is -0.540. The molecule has 0 bridgehead atoms. The lowest BCUT2D eigenvalue weighted by Crippen LogP contribution is -2.38. The number of H-pyrrole nitrogens is 1. The average Bonchev–Trinajstić information content (AvgIpc) is 2.81. The summed E-state index contributed by atoms with van der Waals surface area (Å²) in [6.07, 6.45) is -0.540. The Hall–Kier alpha value is -2.70. The van der Waals surface area contributed by atoms with Crippen LogP contribution in [0, 0.1) is 6.92 Å². The number of amides is 1. The number of fused-ring (bicyclic) bond motifs is 1. The van der Waals surface area contributed by atoms with Gasteiger partial charge in [0.15, 0.2) is 17.2 Å². The second-order valence-electron chi connectivity index (χ2n) is 4.52. The zero-order chi connectivity index (χ0) is 14.3. The van der Waals surface area contributed by atoms with Crippen LogP contribution in [0.3, 0.4) is 0 Å². The first kappa shape index (κ1) is 12.3. The van der Waals surface area contributed by atoms with Gasteiger partial charge in [-0.15, -0.1) is 0 Å². The zero-order valence-corrected chi connectivity index (χ0v) is 11.0. The number of carbonyl (C=O) groups excluding carboxylic acids is 1. The van der Waals surface area contributed by atoms with E-state index < -0.39 is 6.17 Å². The summed E-state index contributed by atoms with van der Waals surface area (Å²) in [7, 11) is 1.48. The summed E-state index contributed by atoms with van der Waals surface area (Å²) >= 11 is 0. The summed E-state index contributed by atoms with van der Waals surface area (Å²) in [4.78, 5) is 12.0. The fourth-order valence-corrected chi connectivity index (χ4v) is 2.24. The van der Waals surface area contributed by atoms with Crippen LogP contribution in [0.2, 0.25) is 0 Å². The van der Waals surface area contributed by atoms with Crippen LogP contribution in [0.15, 0.2) is 18.2 Å². The highest BCUT2D eigenvalue weighted by atomic mass is 16.5. The topological polar surface area (TPSA) is 99.3 Å². The fourth-order valence-electron chi connectivity index (χ4n) is 2.24. The molecule has 1 aliphatic heterocycles. The molecule has 1 aromatic heterocycles. The number of aromatic amines is 1. The van der Waals surface area contributed by atoms with Gasteiger partial charge in [-0.25, -0.2) is 0 Å². The normalized spacial score (nSPS) is 17.1. The van der Waals surface area contributed by atoms with E-state index in [9.17, 15) is 9.90 Å². The van der Waals surface area contributed by atoms with E-state index in [1.807, 2.05) is 6.92 Å². The van der Waals surface area contributed by atoms with Crippen molar-refractivity contribution in [3.8, 4) is 11.5 Å². The van der Waals surface area contributed by atoms with E-state index in [4.69, 9.17) is 4.74 Å². The van der Waals surface area contributed by atoms with Crippen molar-refractivity contribution in [3.05, 3.63) is 35.2 Å². The summed E-state index contributed by atoms with van der Waals surface area (Å²) in [5.74, 6) is 0.0565. The van der Waals surface area contributed by atoms with Gasteiger partial charge in [0.2, 0.25) is 0 Å². The maximum Gasteiger partial charge on any atom is 0.275 e. The average molecular weight is 274 g/mol. The lowest BCUT2D eigenvalue weighted by atomic mass is 10.1. The highest BCUT2D eigenvalue weighted by Gasteiger charge is 2.30. The van der Waals surface area contributed by atoms with Crippen molar-refractivity contribution in [1.29, 1.82) is 0 Å². The monoisotopic (exact) mass is 274 g/mol. The number of ether oxygens (including phenoxy) is 1. The number of aromatic nitrogens is 2. The highest BCUT2D eigenvalue weighted by molar-refractivity contribution is 6.00. The van der Waals surface area contributed by atoms with Gasteiger partial charge in [0.25, 0.3) is 5.91 Å². The number of methoxy groups -OCH3 is 1. The number of phenolic OH excluding ortho intramolecular Hbond substituents is 1. The fraction of sp³-hybridized carbons (Fsp3) is 0.231. The van der Waals surface area contributed by atoms with E-state index in [1.54, 1.807) is 18.2 Å². The number of aromatic hydroxyl groups is 1. The standard InChI is InChI=1S/C13H14N4O3/c1-6-9-10(17-16-6)13(19)15-12(14-9)7-4-3-5-8(20-2)11(7)18/h3-5,12,14,18H,1-2H3,(H,15,19)(H,16,17)/t12-/m1/s1. The van der Waals surface area contributed by atoms with E-state index >= 15 is 0 Å². The van der Waals surface area contributed by atoms with Crippen LogP contribution in [-0.4, -0.2) is 28.3 Å². The SMILES string of the molecule is COc1cccc([C@H]2NC(=O)c3n[nH]c(C)c3N2)c1O. The first-order chi connectivity index (χ1) is 9.61. The number of anilines is 1. The Kier molecular flexibility index (Phi) is 2.74. The Bertz CT molecular complexity index is 680. The van der Waals surface area contributed by atoms with Gasteiger partial charge in [0, 0.05) is 5.56 Å². The molecule has 0 aliphatic carbocycles. The van der Waals surface area contributed by atoms with Gasteiger partial charge in [-0.3, -0.25) is 9.89 Å². The molecule has 7 heteroatoms. The molecule has 2 aromatic rings. The lowest BCUT2D eigenvalue weighted by Gasteiger charge is -2.26. The Morgan fingerprint density at radius 2 is 2.15 bits per heavy atom. The van der Waals surface area contributed by atoms with E-state index in [1.165, 1.54) is 7.11 Å². The summed E-state index contributed by atoms with van der Waals surface area (Å²) in [6.45, 7) is 1.82. The minimum absolute atomic E-state index is 0.00241. The zero-order valence-electron chi connectivity index (χ0n) is 11.0. The summed E-state index contributed by atoms with van der Waals surface area (Å²) in [6, 6.07) is 5.12. The van der Waals surface area contributed by atoms with Crippen LogP contribution in [0.5, 0.6) is 11.5 Å². The van der Waals surface area contributed by atoms with E-state index in [0.717, 1.165) is 5.69 Å². The molecule has 1 aliphatic rings. The molecule has 1 atom stereocenters. The first-order valence-corrected chi connectivity index (χ1v) is 6.10.